The Morgan fingerprint density at radius 1 is 0.650 bits per heavy atom. The third-order valence-electron chi connectivity index (χ3n) is 3.01. The first kappa shape index (κ1) is 12.3. The molecule has 0 saturated carbocycles. The second-order valence-electron chi connectivity index (χ2n) is 4.48. The van der Waals surface area contributed by atoms with Gasteiger partial charge in [-0.15, -0.1) is 0 Å². The van der Waals surface area contributed by atoms with E-state index in [1.807, 2.05) is 48.5 Å². The van der Waals surface area contributed by atoms with Crippen LogP contribution in [0.1, 0.15) is 11.1 Å². The maximum absolute atomic E-state index is 4.23. The largest absolute Gasteiger partial charge is 0.159 e. The maximum atomic E-state index is 4.23. The Bertz CT molecular complexity index is 723. The highest BCUT2D eigenvalue weighted by Gasteiger charge is 1.91. The molecule has 2 aromatic carbocycles. The van der Waals surface area contributed by atoms with E-state index in [1.54, 1.807) is 6.20 Å². The van der Waals surface area contributed by atoms with Crippen LogP contribution in [0.5, 0.6) is 0 Å². The molecular formula is C18H14N2. The van der Waals surface area contributed by atoms with E-state index in [4.69, 9.17) is 0 Å². The molecule has 0 N–H and O–H groups in total. The van der Waals surface area contributed by atoms with Crippen molar-refractivity contribution in [1.82, 2.24) is 10.2 Å². The lowest BCUT2D eigenvalue weighted by Crippen LogP contribution is -2.28. The Kier molecular flexibility index (Phi) is 3.65. The van der Waals surface area contributed by atoms with Crippen LogP contribution in [0.4, 0.5) is 0 Å². The van der Waals surface area contributed by atoms with Gasteiger partial charge in [0.2, 0.25) is 0 Å². The van der Waals surface area contributed by atoms with Gasteiger partial charge in [0.05, 0.1) is 11.5 Å². The van der Waals surface area contributed by atoms with Crippen LogP contribution in [0.15, 0.2) is 72.9 Å². The Hall–Kier alpha value is -2.74. The van der Waals surface area contributed by atoms with Crippen molar-refractivity contribution in [2.75, 3.05) is 0 Å². The van der Waals surface area contributed by atoms with Crippen LogP contribution < -0.4 is 10.6 Å². The fourth-order valence-corrected chi connectivity index (χ4v) is 2.02. The Labute approximate surface area is 117 Å². The highest BCUT2D eigenvalue weighted by molar-refractivity contribution is 5.52. The summed E-state index contributed by atoms with van der Waals surface area (Å²) in [6.45, 7) is 0. The van der Waals surface area contributed by atoms with E-state index >= 15 is 0 Å². The van der Waals surface area contributed by atoms with Gasteiger partial charge in [0.25, 0.3) is 0 Å². The molecule has 20 heavy (non-hydrogen) atoms. The Balaban J connectivity index is 2.15. The van der Waals surface area contributed by atoms with Crippen molar-refractivity contribution in [3.63, 3.8) is 0 Å². The zero-order valence-electron chi connectivity index (χ0n) is 11.0. The van der Waals surface area contributed by atoms with Crippen molar-refractivity contribution in [3.8, 4) is 0 Å². The smallest absolute Gasteiger partial charge is 0.0935 e. The molecule has 1 heterocycles. The summed E-state index contributed by atoms with van der Waals surface area (Å²) in [5, 5.41) is 10.2. The third kappa shape index (κ3) is 2.98. The summed E-state index contributed by atoms with van der Waals surface area (Å²) in [7, 11) is 0. The minimum absolute atomic E-state index is 0.877. The third-order valence-corrected chi connectivity index (χ3v) is 3.01. The average molecular weight is 258 g/mol. The van der Waals surface area contributed by atoms with E-state index in [9.17, 15) is 0 Å². The van der Waals surface area contributed by atoms with Crippen LogP contribution in [0.2, 0.25) is 0 Å². The summed E-state index contributed by atoms with van der Waals surface area (Å²) in [4.78, 5) is 0. The van der Waals surface area contributed by atoms with Crippen LogP contribution in [-0.4, -0.2) is 10.2 Å². The molecule has 0 amide bonds. The lowest BCUT2D eigenvalue weighted by atomic mass is 10.1. The number of benzene rings is 2. The predicted molar refractivity (Wildman–Crippen MR) is 81.3 cm³/mol. The standard InChI is InChI=1S/C18H14N2/c1-3-7-15(8-4-1)13-17-11-12-19-20-18(17)14-16-9-5-2-6-10-16/h1-14H. The second kappa shape index (κ2) is 5.93. The first-order chi connectivity index (χ1) is 9.92. The zero-order valence-corrected chi connectivity index (χ0v) is 11.0. The highest BCUT2D eigenvalue weighted by atomic mass is 15.1. The van der Waals surface area contributed by atoms with Crippen LogP contribution in [0.3, 0.4) is 0 Å². The second-order valence-corrected chi connectivity index (χ2v) is 4.48. The van der Waals surface area contributed by atoms with E-state index in [0.717, 1.165) is 21.7 Å². The average Bonchev–Trinajstić information content (AvgIpc) is 2.51. The summed E-state index contributed by atoms with van der Waals surface area (Å²) in [5.74, 6) is 0. The normalized spacial score (nSPS) is 12.6. The number of hydrogen-bond acceptors (Lipinski definition) is 2. The van der Waals surface area contributed by atoms with Crippen LogP contribution >= 0.6 is 0 Å². The minimum atomic E-state index is 0.877. The van der Waals surface area contributed by atoms with Gasteiger partial charge in [-0.05, 0) is 29.3 Å². The van der Waals surface area contributed by atoms with Gasteiger partial charge in [0, 0.05) is 5.22 Å². The lowest BCUT2D eigenvalue weighted by Gasteiger charge is -1.94. The Morgan fingerprint density at radius 2 is 1.25 bits per heavy atom. The van der Waals surface area contributed by atoms with E-state index in [2.05, 4.69) is 40.5 Å². The van der Waals surface area contributed by atoms with Gasteiger partial charge >= 0.3 is 0 Å². The van der Waals surface area contributed by atoms with Crippen molar-refractivity contribution in [3.05, 3.63) is 94.6 Å². The molecule has 3 aromatic rings. The van der Waals surface area contributed by atoms with Crippen LogP contribution in [0.25, 0.3) is 12.2 Å². The number of nitrogens with zero attached hydrogens (tertiary/aromatic N) is 2. The van der Waals surface area contributed by atoms with Crippen molar-refractivity contribution in [1.29, 1.82) is 0 Å². The molecule has 3 rings (SSSR count). The summed E-state index contributed by atoms with van der Waals surface area (Å²) in [6, 6.07) is 22.4. The summed E-state index contributed by atoms with van der Waals surface area (Å²) < 4.78 is 0. The van der Waals surface area contributed by atoms with Gasteiger partial charge in [-0.3, -0.25) is 0 Å². The summed E-state index contributed by atoms with van der Waals surface area (Å²) in [6.07, 6.45) is 5.88. The molecule has 0 bridgehead atoms. The molecule has 0 spiro atoms. The monoisotopic (exact) mass is 258 g/mol. The summed E-state index contributed by atoms with van der Waals surface area (Å²) >= 11 is 0. The van der Waals surface area contributed by atoms with Crippen LogP contribution in [-0.2, 0) is 0 Å². The zero-order chi connectivity index (χ0) is 13.6. The molecule has 0 radical (unpaired) electrons. The van der Waals surface area contributed by atoms with E-state index in [1.165, 1.54) is 0 Å². The SMILES string of the molecule is C(c1ccccc1)=c1ccnnc1=Cc1ccccc1. The minimum Gasteiger partial charge on any atom is -0.159 e. The van der Waals surface area contributed by atoms with Crippen LogP contribution in [0, 0.1) is 0 Å². The van der Waals surface area contributed by atoms with Gasteiger partial charge in [-0.1, -0.05) is 60.7 Å². The molecule has 0 saturated heterocycles. The molecule has 96 valence electrons. The quantitative estimate of drug-likeness (QED) is 0.704. The lowest BCUT2D eigenvalue weighted by molar-refractivity contribution is 0.981. The first-order valence-electron chi connectivity index (χ1n) is 6.53. The van der Waals surface area contributed by atoms with Gasteiger partial charge in [0.1, 0.15) is 0 Å². The number of hydrogen-bond donors (Lipinski definition) is 0. The van der Waals surface area contributed by atoms with E-state index < -0.39 is 0 Å². The van der Waals surface area contributed by atoms with Crippen molar-refractivity contribution in [2.45, 2.75) is 0 Å². The topological polar surface area (TPSA) is 25.8 Å². The molecular weight excluding hydrogens is 244 g/mol. The van der Waals surface area contributed by atoms with Gasteiger partial charge in [0.15, 0.2) is 0 Å². The molecule has 2 nitrogen and oxygen atoms in total. The van der Waals surface area contributed by atoms with E-state index in [-0.39, 0.29) is 0 Å². The first-order valence-corrected chi connectivity index (χ1v) is 6.53. The number of rotatable bonds is 2. The molecule has 0 aliphatic rings. The predicted octanol–water partition coefficient (Wildman–Crippen LogP) is 2.13. The van der Waals surface area contributed by atoms with Gasteiger partial charge in [-0.2, -0.15) is 10.2 Å². The molecule has 0 fully saturated rings. The fourth-order valence-electron chi connectivity index (χ4n) is 2.02. The highest BCUT2D eigenvalue weighted by Crippen LogP contribution is 1.99. The molecule has 0 aliphatic carbocycles. The maximum Gasteiger partial charge on any atom is 0.0935 e. The van der Waals surface area contributed by atoms with Crippen molar-refractivity contribution >= 4 is 12.2 Å². The van der Waals surface area contributed by atoms with Gasteiger partial charge in [-0.25, -0.2) is 0 Å². The molecule has 2 heteroatoms. The Morgan fingerprint density at radius 3 is 1.90 bits per heavy atom. The van der Waals surface area contributed by atoms with Gasteiger partial charge < -0.3 is 0 Å². The van der Waals surface area contributed by atoms with Crippen molar-refractivity contribution in [2.24, 2.45) is 0 Å². The molecule has 0 aliphatic heterocycles. The molecule has 0 unspecified atom stereocenters. The van der Waals surface area contributed by atoms with Crippen molar-refractivity contribution < 1.29 is 0 Å². The van der Waals surface area contributed by atoms with E-state index in [0.29, 0.717) is 0 Å². The fraction of sp³-hybridized carbons (Fsp3) is 0. The molecule has 1 aromatic heterocycles. The summed E-state index contributed by atoms with van der Waals surface area (Å²) in [5.41, 5.74) is 2.28. The number of aromatic nitrogens is 2. The molecule has 0 atom stereocenters.